The van der Waals surface area contributed by atoms with Gasteiger partial charge in [0.2, 0.25) is 0 Å². The van der Waals surface area contributed by atoms with Crippen LogP contribution in [0.15, 0.2) is 22.7 Å². The van der Waals surface area contributed by atoms with Crippen LogP contribution in [0.2, 0.25) is 0 Å². The van der Waals surface area contributed by atoms with Crippen LogP contribution >= 0.6 is 15.9 Å². The molecule has 1 atom stereocenters. The Labute approximate surface area is 134 Å². The predicted octanol–water partition coefficient (Wildman–Crippen LogP) is 4.81. The summed E-state index contributed by atoms with van der Waals surface area (Å²) in [5.74, 6) is 0.759. The van der Waals surface area contributed by atoms with Gasteiger partial charge in [-0.15, -0.1) is 0 Å². The second-order valence-corrected chi connectivity index (χ2v) is 6.69. The highest BCUT2D eigenvalue weighted by molar-refractivity contribution is 9.10. The van der Waals surface area contributed by atoms with Gasteiger partial charge in [-0.25, -0.2) is 0 Å². The molecule has 5 heteroatoms. The fourth-order valence-corrected chi connectivity index (χ4v) is 3.63. The second kappa shape index (κ2) is 7.90. The molecule has 21 heavy (non-hydrogen) atoms. The first-order valence-electron chi connectivity index (χ1n) is 7.78. The molecular weight excluding hydrogens is 332 g/mol. The Balaban J connectivity index is 1.97. The summed E-state index contributed by atoms with van der Waals surface area (Å²) in [6.07, 6.45) is 7.78. The highest BCUT2D eigenvalue weighted by Crippen LogP contribution is 2.29. The number of benzene rings is 1. The average molecular weight is 355 g/mol. The monoisotopic (exact) mass is 354 g/mol. The number of nitro groups is 1. The van der Waals surface area contributed by atoms with E-state index in [1.54, 1.807) is 12.1 Å². The summed E-state index contributed by atoms with van der Waals surface area (Å²) >= 11 is 3.23. The fraction of sp³-hybridized carbons (Fsp3) is 0.625. The maximum Gasteiger partial charge on any atom is 0.283 e. The van der Waals surface area contributed by atoms with Crippen molar-refractivity contribution in [1.29, 1.82) is 0 Å². The van der Waals surface area contributed by atoms with Gasteiger partial charge < -0.3 is 5.32 Å². The molecular formula is C16H23BrN2O2. The van der Waals surface area contributed by atoms with Crippen LogP contribution in [-0.2, 0) is 6.54 Å². The number of nitro benzene ring substituents is 1. The quantitative estimate of drug-likeness (QED) is 0.589. The summed E-state index contributed by atoms with van der Waals surface area (Å²) in [7, 11) is 0. The molecule has 1 aliphatic rings. The lowest BCUT2D eigenvalue weighted by atomic mass is 9.83. The lowest BCUT2D eigenvalue weighted by molar-refractivity contribution is -0.385. The third kappa shape index (κ3) is 4.51. The fourth-order valence-electron chi connectivity index (χ4n) is 3.24. The topological polar surface area (TPSA) is 55.2 Å². The van der Waals surface area contributed by atoms with E-state index in [-0.39, 0.29) is 10.6 Å². The van der Waals surface area contributed by atoms with Crippen molar-refractivity contribution in [3.8, 4) is 0 Å². The van der Waals surface area contributed by atoms with Crippen LogP contribution in [0, 0.1) is 16.0 Å². The first-order chi connectivity index (χ1) is 10.1. The molecule has 1 N–H and O–H groups in total. The molecule has 116 valence electrons. The summed E-state index contributed by atoms with van der Waals surface area (Å²) in [6, 6.07) is 5.88. The zero-order valence-electron chi connectivity index (χ0n) is 12.5. The van der Waals surface area contributed by atoms with Gasteiger partial charge in [0.15, 0.2) is 0 Å². The van der Waals surface area contributed by atoms with Gasteiger partial charge in [0.1, 0.15) is 0 Å². The van der Waals surface area contributed by atoms with E-state index in [1.165, 1.54) is 32.1 Å². The lowest BCUT2D eigenvalue weighted by Gasteiger charge is -2.30. The molecule has 1 saturated carbocycles. The Morgan fingerprint density at radius 3 is 2.71 bits per heavy atom. The minimum atomic E-state index is -0.341. The first-order valence-corrected chi connectivity index (χ1v) is 8.57. The van der Waals surface area contributed by atoms with Gasteiger partial charge in [0.05, 0.1) is 9.40 Å². The Morgan fingerprint density at radius 1 is 1.38 bits per heavy atom. The minimum absolute atomic E-state index is 0.139. The number of nitrogens with one attached hydrogen (secondary N) is 1. The van der Waals surface area contributed by atoms with Crippen molar-refractivity contribution < 1.29 is 4.92 Å². The Kier molecular flexibility index (Phi) is 6.18. The number of halogens is 1. The van der Waals surface area contributed by atoms with Gasteiger partial charge in [-0.2, -0.15) is 0 Å². The van der Waals surface area contributed by atoms with Gasteiger partial charge >= 0.3 is 0 Å². The van der Waals surface area contributed by atoms with E-state index in [9.17, 15) is 10.1 Å². The number of rotatable bonds is 6. The first kappa shape index (κ1) is 16.4. The van der Waals surface area contributed by atoms with E-state index < -0.39 is 0 Å². The van der Waals surface area contributed by atoms with Crippen molar-refractivity contribution in [2.75, 3.05) is 0 Å². The molecule has 1 aliphatic carbocycles. The lowest BCUT2D eigenvalue weighted by Crippen LogP contribution is -2.36. The molecule has 1 fully saturated rings. The van der Waals surface area contributed by atoms with E-state index >= 15 is 0 Å². The molecule has 0 radical (unpaired) electrons. The van der Waals surface area contributed by atoms with E-state index in [1.807, 2.05) is 6.07 Å². The third-order valence-electron chi connectivity index (χ3n) is 4.43. The smallest absolute Gasteiger partial charge is 0.283 e. The Bertz CT molecular complexity index is 487. The molecule has 2 rings (SSSR count). The van der Waals surface area contributed by atoms with Crippen LogP contribution in [-0.4, -0.2) is 11.0 Å². The molecule has 4 nitrogen and oxygen atoms in total. The standard InChI is InChI=1S/C16H23BrN2O2/c1-2-15(13-6-4-3-5-7-13)18-11-12-8-9-14(17)16(10-12)19(20)21/h8-10,13,15,18H,2-7,11H2,1H3. The SMILES string of the molecule is CCC(NCc1ccc(Br)c([N+](=O)[O-])c1)C1CCCCC1. The molecule has 1 aromatic carbocycles. The molecule has 0 spiro atoms. The van der Waals surface area contributed by atoms with Gasteiger partial charge in [0, 0.05) is 18.7 Å². The van der Waals surface area contributed by atoms with Gasteiger partial charge in [-0.1, -0.05) is 32.3 Å². The van der Waals surface area contributed by atoms with Crippen LogP contribution < -0.4 is 5.32 Å². The molecule has 0 heterocycles. The maximum atomic E-state index is 11.0. The number of hydrogen-bond donors (Lipinski definition) is 1. The van der Waals surface area contributed by atoms with Crippen LogP contribution in [0.4, 0.5) is 5.69 Å². The van der Waals surface area contributed by atoms with Crippen LogP contribution in [0.5, 0.6) is 0 Å². The summed E-state index contributed by atoms with van der Waals surface area (Å²) < 4.78 is 0.538. The second-order valence-electron chi connectivity index (χ2n) is 5.84. The molecule has 0 aliphatic heterocycles. The largest absolute Gasteiger partial charge is 0.310 e. The van der Waals surface area contributed by atoms with Crippen molar-refractivity contribution >= 4 is 21.6 Å². The summed E-state index contributed by atoms with van der Waals surface area (Å²) in [4.78, 5) is 10.6. The van der Waals surface area contributed by atoms with Crippen molar-refractivity contribution in [1.82, 2.24) is 5.32 Å². The number of hydrogen-bond acceptors (Lipinski definition) is 3. The Morgan fingerprint density at radius 2 is 2.10 bits per heavy atom. The number of nitrogens with zero attached hydrogens (tertiary/aromatic N) is 1. The predicted molar refractivity (Wildman–Crippen MR) is 88.3 cm³/mol. The summed E-state index contributed by atoms with van der Waals surface area (Å²) in [6.45, 7) is 2.92. The molecule has 0 saturated heterocycles. The average Bonchev–Trinajstić information content (AvgIpc) is 2.50. The van der Waals surface area contributed by atoms with Crippen LogP contribution in [0.1, 0.15) is 51.0 Å². The van der Waals surface area contributed by atoms with E-state index in [0.29, 0.717) is 17.1 Å². The summed E-state index contributed by atoms with van der Waals surface area (Å²) in [5.41, 5.74) is 1.11. The van der Waals surface area contributed by atoms with Crippen molar-refractivity contribution in [2.45, 2.75) is 58.0 Å². The zero-order valence-corrected chi connectivity index (χ0v) is 14.1. The summed E-state index contributed by atoms with van der Waals surface area (Å²) in [5, 5.41) is 14.6. The molecule has 0 amide bonds. The molecule has 0 aromatic heterocycles. The van der Waals surface area contributed by atoms with Gasteiger partial charge in [-0.3, -0.25) is 10.1 Å². The Hall–Kier alpha value is -0.940. The zero-order chi connectivity index (χ0) is 15.2. The highest BCUT2D eigenvalue weighted by atomic mass is 79.9. The normalized spacial score (nSPS) is 17.6. The van der Waals surface area contributed by atoms with E-state index in [2.05, 4.69) is 28.2 Å². The van der Waals surface area contributed by atoms with Gasteiger partial charge in [0.25, 0.3) is 5.69 Å². The van der Waals surface area contributed by atoms with Crippen molar-refractivity contribution in [3.63, 3.8) is 0 Å². The van der Waals surface area contributed by atoms with E-state index in [0.717, 1.165) is 17.9 Å². The van der Waals surface area contributed by atoms with Crippen LogP contribution in [0.25, 0.3) is 0 Å². The van der Waals surface area contributed by atoms with Gasteiger partial charge in [-0.05, 0) is 52.7 Å². The van der Waals surface area contributed by atoms with Crippen molar-refractivity contribution in [2.24, 2.45) is 5.92 Å². The molecule has 1 unspecified atom stereocenters. The third-order valence-corrected chi connectivity index (χ3v) is 5.10. The molecule has 0 bridgehead atoms. The van der Waals surface area contributed by atoms with Crippen LogP contribution in [0.3, 0.4) is 0 Å². The van der Waals surface area contributed by atoms with Crippen molar-refractivity contribution in [3.05, 3.63) is 38.3 Å². The minimum Gasteiger partial charge on any atom is -0.310 e. The molecule has 1 aromatic rings. The maximum absolute atomic E-state index is 11.0. The highest BCUT2D eigenvalue weighted by Gasteiger charge is 2.22. The van der Waals surface area contributed by atoms with E-state index in [4.69, 9.17) is 0 Å².